The van der Waals surface area contributed by atoms with E-state index in [0.29, 0.717) is 11.6 Å². The van der Waals surface area contributed by atoms with Crippen molar-refractivity contribution in [2.24, 2.45) is 5.92 Å². The van der Waals surface area contributed by atoms with Crippen LogP contribution in [0.3, 0.4) is 0 Å². The molecule has 0 bridgehead atoms. The molecular weight excluding hydrogens is 286 g/mol. The van der Waals surface area contributed by atoms with Crippen molar-refractivity contribution in [3.05, 3.63) is 29.8 Å². The minimum atomic E-state index is -3.22. The summed E-state index contributed by atoms with van der Waals surface area (Å²) in [6.45, 7) is 2.25. The fraction of sp³-hybridized carbons (Fsp3) is 0.562. The van der Waals surface area contributed by atoms with Gasteiger partial charge >= 0.3 is 0 Å². The summed E-state index contributed by atoms with van der Waals surface area (Å²) in [5.41, 5.74) is 0.545. The lowest BCUT2D eigenvalue weighted by Gasteiger charge is -2.33. The van der Waals surface area contributed by atoms with Gasteiger partial charge < -0.3 is 4.90 Å². The van der Waals surface area contributed by atoms with E-state index in [1.807, 2.05) is 7.05 Å². The van der Waals surface area contributed by atoms with Gasteiger partial charge in [0, 0.05) is 24.9 Å². The highest BCUT2D eigenvalue weighted by atomic mass is 32.2. The lowest BCUT2D eigenvalue weighted by atomic mass is 9.86. The molecule has 2 rings (SSSR count). The molecule has 1 saturated carbocycles. The largest absolute Gasteiger partial charge is 0.339 e. The Morgan fingerprint density at radius 1 is 1.10 bits per heavy atom. The molecule has 1 aliphatic carbocycles. The molecule has 0 radical (unpaired) electrons. The number of hydrogen-bond acceptors (Lipinski definition) is 3. The molecular formula is C16H23NO3S. The number of sulfone groups is 1. The molecule has 5 heteroatoms. The van der Waals surface area contributed by atoms with Crippen LogP contribution >= 0.6 is 0 Å². The lowest BCUT2D eigenvalue weighted by molar-refractivity contribution is 0.0679. The number of carbonyl (C=O) groups excluding carboxylic acids is 1. The molecule has 4 nitrogen and oxygen atoms in total. The first-order valence-electron chi connectivity index (χ1n) is 7.36. The maximum Gasteiger partial charge on any atom is 0.253 e. The molecule has 1 aliphatic rings. The van der Waals surface area contributed by atoms with E-state index >= 15 is 0 Å². The molecule has 0 atom stereocenters. The Bertz CT molecular complexity index is 599. The molecule has 0 heterocycles. The lowest BCUT2D eigenvalue weighted by Crippen LogP contribution is -2.39. The summed E-state index contributed by atoms with van der Waals surface area (Å²) in [4.78, 5) is 14.5. The van der Waals surface area contributed by atoms with E-state index in [1.165, 1.54) is 18.4 Å². The maximum atomic E-state index is 12.5. The van der Waals surface area contributed by atoms with Crippen molar-refractivity contribution in [1.82, 2.24) is 4.90 Å². The van der Waals surface area contributed by atoms with E-state index in [1.54, 1.807) is 17.0 Å². The van der Waals surface area contributed by atoms with Gasteiger partial charge in [-0.25, -0.2) is 8.42 Å². The molecule has 1 aromatic rings. The van der Waals surface area contributed by atoms with Gasteiger partial charge in [-0.05, 0) is 55.9 Å². The van der Waals surface area contributed by atoms with Crippen molar-refractivity contribution in [1.29, 1.82) is 0 Å². The summed E-state index contributed by atoms with van der Waals surface area (Å²) in [7, 11) is -1.38. The first-order valence-corrected chi connectivity index (χ1v) is 9.25. The number of rotatable bonds is 3. The molecule has 21 heavy (non-hydrogen) atoms. The summed E-state index contributed by atoms with van der Waals surface area (Å²) >= 11 is 0. The summed E-state index contributed by atoms with van der Waals surface area (Å²) in [6, 6.07) is 6.49. The fourth-order valence-corrected chi connectivity index (χ4v) is 3.47. The van der Waals surface area contributed by atoms with Gasteiger partial charge in [0.2, 0.25) is 0 Å². The van der Waals surface area contributed by atoms with Gasteiger partial charge in [0.25, 0.3) is 5.91 Å². The Morgan fingerprint density at radius 3 is 2.10 bits per heavy atom. The summed E-state index contributed by atoms with van der Waals surface area (Å²) in [5, 5.41) is 0. The van der Waals surface area contributed by atoms with Crippen molar-refractivity contribution >= 4 is 15.7 Å². The van der Waals surface area contributed by atoms with Gasteiger partial charge in [0.05, 0.1) is 4.90 Å². The van der Waals surface area contributed by atoms with Gasteiger partial charge in [-0.1, -0.05) is 6.92 Å². The third-order valence-corrected chi connectivity index (χ3v) is 5.51. The molecule has 1 fully saturated rings. The minimum Gasteiger partial charge on any atom is -0.339 e. The van der Waals surface area contributed by atoms with E-state index < -0.39 is 9.84 Å². The smallest absolute Gasteiger partial charge is 0.253 e. The first-order chi connectivity index (χ1) is 9.79. The predicted molar refractivity (Wildman–Crippen MR) is 83.1 cm³/mol. The predicted octanol–water partition coefficient (Wildman–Crippen LogP) is 2.74. The Labute approximate surface area is 127 Å². The highest BCUT2D eigenvalue weighted by Gasteiger charge is 2.25. The van der Waals surface area contributed by atoms with Crippen LogP contribution < -0.4 is 0 Å². The number of amides is 1. The molecule has 0 spiro atoms. The monoisotopic (exact) mass is 309 g/mol. The van der Waals surface area contributed by atoms with Crippen LogP contribution in [0.15, 0.2) is 29.2 Å². The van der Waals surface area contributed by atoms with Gasteiger partial charge in [-0.3, -0.25) is 4.79 Å². The maximum absolute atomic E-state index is 12.5. The molecule has 0 N–H and O–H groups in total. The zero-order valence-electron chi connectivity index (χ0n) is 12.9. The summed E-state index contributed by atoms with van der Waals surface area (Å²) in [5.74, 6) is 0.716. The highest BCUT2D eigenvalue weighted by Crippen LogP contribution is 2.27. The van der Waals surface area contributed by atoms with Crippen LogP contribution in [0.5, 0.6) is 0 Å². The van der Waals surface area contributed by atoms with Crippen molar-refractivity contribution in [3.8, 4) is 0 Å². The van der Waals surface area contributed by atoms with Crippen LogP contribution in [-0.4, -0.2) is 38.6 Å². The molecule has 1 aromatic carbocycles. The number of benzene rings is 1. The third kappa shape index (κ3) is 3.84. The van der Waals surface area contributed by atoms with E-state index in [9.17, 15) is 13.2 Å². The van der Waals surface area contributed by atoms with Crippen molar-refractivity contribution < 1.29 is 13.2 Å². The zero-order chi connectivity index (χ0) is 15.6. The second-order valence-corrected chi connectivity index (χ2v) is 8.14. The summed E-state index contributed by atoms with van der Waals surface area (Å²) in [6.07, 6.45) is 5.58. The van der Waals surface area contributed by atoms with Crippen LogP contribution in [0, 0.1) is 5.92 Å². The topological polar surface area (TPSA) is 54.5 Å². The Kier molecular flexibility index (Phi) is 4.71. The number of hydrogen-bond donors (Lipinski definition) is 0. The van der Waals surface area contributed by atoms with Gasteiger partial charge in [-0.15, -0.1) is 0 Å². The average Bonchev–Trinajstić information content (AvgIpc) is 2.46. The van der Waals surface area contributed by atoms with E-state index in [2.05, 4.69) is 6.92 Å². The Morgan fingerprint density at radius 2 is 1.62 bits per heavy atom. The van der Waals surface area contributed by atoms with Crippen LogP contribution in [0.4, 0.5) is 0 Å². The van der Waals surface area contributed by atoms with E-state index in [-0.39, 0.29) is 10.8 Å². The number of carbonyl (C=O) groups is 1. The normalized spacial score (nSPS) is 22.8. The molecule has 0 aliphatic heterocycles. The highest BCUT2D eigenvalue weighted by molar-refractivity contribution is 7.90. The molecule has 0 aromatic heterocycles. The van der Waals surface area contributed by atoms with Gasteiger partial charge in [0.15, 0.2) is 9.84 Å². The van der Waals surface area contributed by atoms with Crippen LogP contribution in [0.1, 0.15) is 43.0 Å². The van der Waals surface area contributed by atoms with Gasteiger partial charge in [-0.2, -0.15) is 0 Å². The van der Waals surface area contributed by atoms with E-state index in [0.717, 1.165) is 31.6 Å². The fourth-order valence-electron chi connectivity index (χ4n) is 2.84. The Balaban J connectivity index is 2.09. The SMILES string of the molecule is CC1CCC(N(C)C(=O)c2ccc(S(C)(=O)=O)cc2)CC1. The second-order valence-electron chi connectivity index (χ2n) is 6.13. The van der Waals surface area contributed by atoms with Crippen molar-refractivity contribution in [2.45, 2.75) is 43.5 Å². The van der Waals surface area contributed by atoms with Crippen LogP contribution in [-0.2, 0) is 9.84 Å². The molecule has 0 unspecified atom stereocenters. The van der Waals surface area contributed by atoms with Crippen LogP contribution in [0.25, 0.3) is 0 Å². The second kappa shape index (κ2) is 6.18. The molecule has 1 amide bonds. The number of nitrogens with zero attached hydrogens (tertiary/aromatic N) is 1. The third-order valence-electron chi connectivity index (χ3n) is 4.38. The van der Waals surface area contributed by atoms with E-state index in [4.69, 9.17) is 0 Å². The Hall–Kier alpha value is -1.36. The van der Waals surface area contributed by atoms with Gasteiger partial charge in [0.1, 0.15) is 0 Å². The standard InChI is InChI=1S/C16H23NO3S/c1-12-4-8-14(9-5-12)17(2)16(18)13-6-10-15(11-7-13)21(3,19)20/h6-7,10-12,14H,4-5,8-9H2,1-3H3. The van der Waals surface area contributed by atoms with Crippen molar-refractivity contribution in [3.63, 3.8) is 0 Å². The zero-order valence-corrected chi connectivity index (χ0v) is 13.7. The minimum absolute atomic E-state index is 0.0328. The summed E-state index contributed by atoms with van der Waals surface area (Å²) < 4.78 is 22.9. The first kappa shape index (κ1) is 16.0. The quantitative estimate of drug-likeness (QED) is 0.862. The average molecular weight is 309 g/mol. The molecule has 0 saturated heterocycles. The molecule has 116 valence electrons. The van der Waals surface area contributed by atoms with Crippen molar-refractivity contribution in [2.75, 3.05) is 13.3 Å². The van der Waals surface area contributed by atoms with Crippen LogP contribution in [0.2, 0.25) is 0 Å².